The van der Waals surface area contributed by atoms with Crippen molar-refractivity contribution >= 4 is 12.1 Å². The number of fused-ring (bicyclic) bond motifs is 3. The van der Waals surface area contributed by atoms with E-state index in [9.17, 15) is 14.7 Å². The molecule has 2 N–H and O–H groups in total. The Balaban J connectivity index is 1.19. The summed E-state index contributed by atoms with van der Waals surface area (Å²) in [5.41, 5.74) is 7.94. The topological polar surface area (TPSA) is 78.9 Å². The Morgan fingerprint density at radius 3 is 1.78 bits per heavy atom. The molecule has 0 saturated carbocycles. The SMILES string of the molecule is Cc1ccc(C(N[C@@H]2C[C@@H](C(=O)O)N(C(=O)OCC3c4ccccc4-c4ccccc43)C2)(c2ccccc2)c2ccccc2)cc1. The van der Waals surface area contributed by atoms with Crippen LogP contribution in [0.5, 0.6) is 0 Å². The molecule has 1 amide bonds. The fraction of sp³-hybridized carbons (Fsp3) is 0.200. The maximum atomic E-state index is 13.7. The number of amides is 1. The minimum atomic E-state index is -1.04. The van der Waals surface area contributed by atoms with Gasteiger partial charge < -0.3 is 9.84 Å². The van der Waals surface area contributed by atoms with Crippen LogP contribution in [0.25, 0.3) is 11.1 Å². The van der Waals surface area contributed by atoms with E-state index >= 15 is 0 Å². The van der Waals surface area contributed by atoms with E-state index in [2.05, 4.69) is 85.0 Å². The number of carbonyl (C=O) groups excluding carboxylic acids is 1. The van der Waals surface area contributed by atoms with Crippen molar-refractivity contribution in [3.8, 4) is 11.1 Å². The predicted molar refractivity (Wildman–Crippen MR) is 179 cm³/mol. The summed E-state index contributed by atoms with van der Waals surface area (Å²) in [7, 11) is 0. The van der Waals surface area contributed by atoms with Crippen LogP contribution in [0.3, 0.4) is 0 Å². The number of ether oxygens (including phenoxy) is 1. The molecule has 0 bridgehead atoms. The second kappa shape index (κ2) is 12.3. The molecule has 2 aliphatic rings. The Kier molecular flexibility index (Phi) is 7.89. The molecule has 2 atom stereocenters. The number of nitrogens with one attached hydrogen (secondary N) is 1. The number of carboxylic acids is 1. The number of hydrogen-bond acceptors (Lipinski definition) is 4. The predicted octanol–water partition coefficient (Wildman–Crippen LogP) is 7.35. The molecule has 1 heterocycles. The van der Waals surface area contributed by atoms with Crippen molar-refractivity contribution in [1.29, 1.82) is 0 Å². The largest absolute Gasteiger partial charge is 0.480 e. The quantitative estimate of drug-likeness (QED) is 0.180. The molecular formula is C40H36N2O4. The monoisotopic (exact) mass is 608 g/mol. The summed E-state index contributed by atoms with van der Waals surface area (Å²) in [4.78, 5) is 27.7. The van der Waals surface area contributed by atoms with Gasteiger partial charge in [-0.2, -0.15) is 0 Å². The first-order valence-electron chi connectivity index (χ1n) is 15.8. The van der Waals surface area contributed by atoms with Crippen molar-refractivity contribution in [3.63, 3.8) is 0 Å². The molecule has 1 saturated heterocycles. The van der Waals surface area contributed by atoms with Crippen molar-refractivity contribution in [3.05, 3.63) is 167 Å². The Morgan fingerprint density at radius 2 is 1.24 bits per heavy atom. The van der Waals surface area contributed by atoms with Gasteiger partial charge in [0.2, 0.25) is 0 Å². The highest BCUT2D eigenvalue weighted by atomic mass is 16.6. The average molecular weight is 609 g/mol. The molecule has 0 aromatic heterocycles. The lowest BCUT2D eigenvalue weighted by molar-refractivity contribution is -0.141. The molecule has 5 aromatic rings. The van der Waals surface area contributed by atoms with E-state index in [1.807, 2.05) is 60.7 Å². The molecular weight excluding hydrogens is 572 g/mol. The van der Waals surface area contributed by atoms with E-state index in [-0.39, 0.29) is 31.5 Å². The number of benzene rings is 5. The zero-order chi connectivity index (χ0) is 31.7. The van der Waals surface area contributed by atoms with Gasteiger partial charge in [0, 0.05) is 18.5 Å². The van der Waals surface area contributed by atoms with E-state index in [1.165, 1.54) is 4.90 Å². The van der Waals surface area contributed by atoms with Gasteiger partial charge in [0.15, 0.2) is 0 Å². The van der Waals surface area contributed by atoms with Crippen LogP contribution in [0.2, 0.25) is 0 Å². The van der Waals surface area contributed by atoms with Crippen LogP contribution < -0.4 is 5.32 Å². The lowest BCUT2D eigenvalue weighted by Crippen LogP contribution is -2.50. The Labute approximate surface area is 269 Å². The lowest BCUT2D eigenvalue weighted by Gasteiger charge is -2.39. The van der Waals surface area contributed by atoms with Crippen molar-refractivity contribution in [1.82, 2.24) is 10.2 Å². The van der Waals surface area contributed by atoms with Crippen LogP contribution in [0, 0.1) is 6.92 Å². The number of hydrogen-bond donors (Lipinski definition) is 2. The fourth-order valence-electron chi connectivity index (χ4n) is 7.29. The first kappa shape index (κ1) is 29.5. The molecule has 6 heteroatoms. The highest BCUT2D eigenvalue weighted by Gasteiger charge is 2.46. The van der Waals surface area contributed by atoms with E-state index in [0.29, 0.717) is 0 Å². The molecule has 230 valence electrons. The molecule has 6 nitrogen and oxygen atoms in total. The number of likely N-dealkylation sites (tertiary alicyclic amines) is 1. The van der Waals surface area contributed by atoms with Gasteiger partial charge >= 0.3 is 12.1 Å². The third kappa shape index (κ3) is 5.25. The molecule has 5 aromatic carbocycles. The van der Waals surface area contributed by atoms with Gasteiger partial charge in [-0.1, -0.05) is 139 Å². The molecule has 7 rings (SSSR count). The third-order valence-corrected chi connectivity index (χ3v) is 9.48. The standard InChI is InChI=1S/C40H36N2O4/c1-27-20-22-30(23-21-27)40(28-12-4-2-5-13-28,29-14-6-3-7-15-29)41-31-24-37(38(43)44)42(25-31)39(45)46-26-36-34-18-10-8-16-32(34)33-17-9-11-19-35(33)36/h2-23,31,36-37,41H,24-26H2,1H3,(H,43,44)/t31-,37+/m1/s1. The number of carbonyl (C=O) groups is 2. The van der Waals surface area contributed by atoms with Crippen LogP contribution in [0.1, 0.15) is 45.7 Å². The number of nitrogens with zero attached hydrogens (tertiary/aromatic N) is 1. The molecule has 46 heavy (non-hydrogen) atoms. The van der Waals surface area contributed by atoms with Gasteiger partial charge in [0.05, 0.1) is 5.54 Å². The Hall–Kier alpha value is -5.20. The van der Waals surface area contributed by atoms with Gasteiger partial charge in [-0.25, -0.2) is 9.59 Å². The first-order valence-corrected chi connectivity index (χ1v) is 15.8. The summed E-state index contributed by atoms with van der Waals surface area (Å²) in [6.07, 6.45) is -0.369. The summed E-state index contributed by atoms with van der Waals surface area (Å²) in [6.45, 7) is 2.39. The summed E-state index contributed by atoms with van der Waals surface area (Å²) < 4.78 is 5.95. The summed E-state index contributed by atoms with van der Waals surface area (Å²) in [5, 5.41) is 14.2. The Morgan fingerprint density at radius 1 is 0.739 bits per heavy atom. The third-order valence-electron chi connectivity index (χ3n) is 9.48. The second-order valence-corrected chi connectivity index (χ2v) is 12.2. The van der Waals surface area contributed by atoms with E-state index in [4.69, 9.17) is 4.74 Å². The zero-order valence-electron chi connectivity index (χ0n) is 25.7. The summed E-state index contributed by atoms with van der Waals surface area (Å²) in [5.74, 6) is -1.15. The number of aryl methyl sites for hydroxylation is 1. The van der Waals surface area contributed by atoms with E-state index < -0.39 is 23.6 Å². The molecule has 1 aliphatic heterocycles. The number of rotatable bonds is 8. The highest BCUT2D eigenvalue weighted by molar-refractivity contribution is 5.82. The minimum Gasteiger partial charge on any atom is -0.480 e. The number of carboxylic acid groups (broad SMARTS) is 1. The molecule has 1 aliphatic carbocycles. The van der Waals surface area contributed by atoms with Crippen molar-refractivity contribution in [2.45, 2.75) is 36.9 Å². The molecule has 0 spiro atoms. The van der Waals surface area contributed by atoms with Crippen molar-refractivity contribution in [2.75, 3.05) is 13.2 Å². The summed E-state index contributed by atoms with van der Waals surface area (Å²) in [6, 6.07) is 43.8. The highest BCUT2D eigenvalue weighted by Crippen LogP contribution is 2.45. The van der Waals surface area contributed by atoms with Gasteiger partial charge in [0.25, 0.3) is 0 Å². The maximum absolute atomic E-state index is 13.7. The van der Waals surface area contributed by atoms with Gasteiger partial charge in [-0.15, -0.1) is 0 Å². The smallest absolute Gasteiger partial charge is 0.410 e. The molecule has 0 radical (unpaired) electrons. The van der Waals surface area contributed by atoms with Crippen LogP contribution in [0.15, 0.2) is 133 Å². The van der Waals surface area contributed by atoms with Crippen LogP contribution in [-0.4, -0.2) is 47.3 Å². The first-order chi connectivity index (χ1) is 22.5. The minimum absolute atomic E-state index is 0.110. The fourth-order valence-corrected chi connectivity index (χ4v) is 7.29. The van der Waals surface area contributed by atoms with E-state index in [1.54, 1.807) is 0 Å². The average Bonchev–Trinajstić information content (AvgIpc) is 3.67. The van der Waals surface area contributed by atoms with Crippen molar-refractivity contribution in [2.24, 2.45) is 0 Å². The second-order valence-electron chi connectivity index (χ2n) is 12.2. The normalized spacial score (nSPS) is 17.4. The van der Waals surface area contributed by atoms with Gasteiger partial charge in [-0.3, -0.25) is 10.2 Å². The van der Waals surface area contributed by atoms with Crippen LogP contribution >= 0.6 is 0 Å². The lowest BCUT2D eigenvalue weighted by atomic mass is 9.76. The zero-order valence-corrected chi connectivity index (χ0v) is 25.7. The van der Waals surface area contributed by atoms with E-state index in [0.717, 1.165) is 44.5 Å². The maximum Gasteiger partial charge on any atom is 0.410 e. The van der Waals surface area contributed by atoms with Crippen molar-refractivity contribution < 1.29 is 19.4 Å². The molecule has 0 unspecified atom stereocenters. The van der Waals surface area contributed by atoms with Crippen LogP contribution in [0.4, 0.5) is 4.79 Å². The summed E-state index contributed by atoms with van der Waals surface area (Å²) >= 11 is 0. The molecule has 1 fully saturated rings. The number of aliphatic carboxylic acids is 1. The van der Waals surface area contributed by atoms with Crippen LogP contribution in [-0.2, 0) is 15.1 Å². The Bertz CT molecular complexity index is 1770. The van der Waals surface area contributed by atoms with Gasteiger partial charge in [-0.05, 0) is 52.3 Å². The van der Waals surface area contributed by atoms with Gasteiger partial charge in [0.1, 0.15) is 12.6 Å².